The van der Waals surface area contributed by atoms with Crippen LogP contribution in [0.1, 0.15) is 61.9 Å². The Bertz CT molecular complexity index is 833. The molecule has 2 aromatic rings. The van der Waals surface area contributed by atoms with Crippen LogP contribution in [0.15, 0.2) is 24.3 Å². The Morgan fingerprint density at radius 2 is 1.65 bits per heavy atom. The van der Waals surface area contributed by atoms with Crippen LogP contribution in [0.25, 0.3) is 0 Å². The molecule has 6 heteroatoms. The van der Waals surface area contributed by atoms with Gasteiger partial charge >= 0.3 is 11.9 Å². The van der Waals surface area contributed by atoms with Crippen molar-refractivity contribution in [2.45, 2.75) is 40.7 Å². The number of hydrogen-bond donors (Lipinski definition) is 1. The quantitative estimate of drug-likeness (QED) is 0.631. The number of carbonyl (C=O) groups excluding carboxylic acids is 3. The molecule has 1 atom stereocenters. The number of aryl methyl sites for hydroxylation is 2. The Hall–Kier alpha value is -2.89. The van der Waals surface area contributed by atoms with Gasteiger partial charge in [0.15, 0.2) is 6.10 Å². The molecule has 0 radical (unpaired) electrons. The van der Waals surface area contributed by atoms with E-state index in [0.29, 0.717) is 22.4 Å². The molecule has 138 valence electrons. The van der Waals surface area contributed by atoms with E-state index in [1.807, 2.05) is 6.92 Å². The van der Waals surface area contributed by atoms with Crippen LogP contribution >= 0.6 is 0 Å². The Morgan fingerprint density at radius 1 is 1.04 bits per heavy atom. The number of aromatic nitrogens is 1. The first-order chi connectivity index (χ1) is 12.3. The molecule has 1 aromatic heterocycles. The number of ketones is 1. The molecule has 0 aliphatic carbocycles. The fourth-order valence-corrected chi connectivity index (χ4v) is 2.68. The van der Waals surface area contributed by atoms with Gasteiger partial charge in [0.2, 0.25) is 5.78 Å². The number of Topliss-reactive ketones (excluding diaryl/α,β-unsaturated/α-hetero) is 1. The number of nitrogens with one attached hydrogen (secondary N) is 1. The van der Waals surface area contributed by atoms with Gasteiger partial charge in [0.05, 0.1) is 23.4 Å². The lowest BCUT2D eigenvalue weighted by molar-refractivity contribution is 0.0316. The van der Waals surface area contributed by atoms with Gasteiger partial charge in [0.25, 0.3) is 0 Å². The zero-order chi connectivity index (χ0) is 19.4. The summed E-state index contributed by atoms with van der Waals surface area (Å²) in [5.41, 5.74) is 3.02. The minimum Gasteiger partial charge on any atom is -0.462 e. The summed E-state index contributed by atoms with van der Waals surface area (Å²) >= 11 is 0. The van der Waals surface area contributed by atoms with Crippen molar-refractivity contribution in [3.63, 3.8) is 0 Å². The third kappa shape index (κ3) is 4.02. The summed E-state index contributed by atoms with van der Waals surface area (Å²) in [5, 5.41) is 0. The lowest BCUT2D eigenvalue weighted by atomic mass is 10.1. The molecule has 0 saturated carbocycles. The molecule has 2 rings (SSSR count). The minimum absolute atomic E-state index is 0.245. The summed E-state index contributed by atoms with van der Waals surface area (Å²) in [5.74, 6) is -1.46. The summed E-state index contributed by atoms with van der Waals surface area (Å²) in [7, 11) is 0. The largest absolute Gasteiger partial charge is 0.462 e. The lowest BCUT2D eigenvalue weighted by Crippen LogP contribution is -2.25. The van der Waals surface area contributed by atoms with E-state index in [-0.39, 0.29) is 12.3 Å². The van der Waals surface area contributed by atoms with Gasteiger partial charge in [-0.1, -0.05) is 17.7 Å². The molecule has 1 heterocycles. The molecule has 6 nitrogen and oxygen atoms in total. The van der Waals surface area contributed by atoms with Gasteiger partial charge in [-0.25, -0.2) is 9.59 Å². The van der Waals surface area contributed by atoms with E-state index in [1.54, 1.807) is 45.0 Å². The number of hydrogen-bond acceptors (Lipinski definition) is 5. The van der Waals surface area contributed by atoms with Gasteiger partial charge in [-0.05, 0) is 52.3 Å². The lowest BCUT2D eigenvalue weighted by Gasteiger charge is -2.12. The van der Waals surface area contributed by atoms with Crippen molar-refractivity contribution in [3.8, 4) is 0 Å². The normalized spacial score (nSPS) is 11.7. The van der Waals surface area contributed by atoms with Gasteiger partial charge in [-0.15, -0.1) is 0 Å². The van der Waals surface area contributed by atoms with E-state index in [2.05, 4.69) is 4.98 Å². The van der Waals surface area contributed by atoms with Crippen molar-refractivity contribution in [2.75, 3.05) is 6.61 Å². The van der Waals surface area contributed by atoms with Crippen LogP contribution in [-0.2, 0) is 9.47 Å². The monoisotopic (exact) mass is 357 g/mol. The van der Waals surface area contributed by atoms with Crippen molar-refractivity contribution in [3.05, 3.63) is 57.9 Å². The Labute approximate surface area is 152 Å². The number of aromatic amines is 1. The SMILES string of the molecule is CCOC(=O)c1c(C)[nH]c(C(=O)[C@@H](C)OC(=O)c2ccc(C)cc2)c1C. The maximum absolute atomic E-state index is 12.7. The highest BCUT2D eigenvalue weighted by molar-refractivity contribution is 6.04. The molecule has 0 spiro atoms. The molecule has 0 saturated heterocycles. The number of carbonyl (C=O) groups is 3. The van der Waals surface area contributed by atoms with Crippen LogP contribution in [0.2, 0.25) is 0 Å². The van der Waals surface area contributed by atoms with Crippen LogP contribution in [0.4, 0.5) is 0 Å². The van der Waals surface area contributed by atoms with Crippen molar-refractivity contribution >= 4 is 17.7 Å². The third-order valence-electron chi connectivity index (χ3n) is 4.10. The van der Waals surface area contributed by atoms with Gasteiger partial charge in [-0.2, -0.15) is 0 Å². The van der Waals surface area contributed by atoms with Crippen molar-refractivity contribution in [1.29, 1.82) is 0 Å². The highest BCUT2D eigenvalue weighted by Crippen LogP contribution is 2.21. The van der Waals surface area contributed by atoms with Crippen molar-refractivity contribution < 1.29 is 23.9 Å². The van der Waals surface area contributed by atoms with Gasteiger partial charge in [-0.3, -0.25) is 4.79 Å². The van der Waals surface area contributed by atoms with E-state index in [9.17, 15) is 14.4 Å². The van der Waals surface area contributed by atoms with Gasteiger partial charge < -0.3 is 14.5 Å². The molecule has 0 aliphatic rings. The summed E-state index contributed by atoms with van der Waals surface area (Å²) in [6, 6.07) is 6.90. The predicted octanol–water partition coefficient (Wildman–Crippen LogP) is 3.54. The molecule has 26 heavy (non-hydrogen) atoms. The molecule has 1 aromatic carbocycles. The summed E-state index contributed by atoms with van der Waals surface area (Å²) < 4.78 is 10.3. The summed E-state index contributed by atoms with van der Waals surface area (Å²) in [6.45, 7) is 8.74. The van der Waals surface area contributed by atoms with E-state index in [0.717, 1.165) is 5.56 Å². The highest BCUT2D eigenvalue weighted by atomic mass is 16.5. The van der Waals surface area contributed by atoms with Crippen LogP contribution in [-0.4, -0.2) is 35.4 Å². The Morgan fingerprint density at radius 3 is 2.23 bits per heavy atom. The minimum atomic E-state index is -0.990. The molecule has 0 aliphatic heterocycles. The number of rotatable bonds is 6. The summed E-state index contributed by atoms with van der Waals surface area (Å²) in [6.07, 6.45) is -0.990. The Balaban J connectivity index is 2.18. The molecular weight excluding hydrogens is 334 g/mol. The van der Waals surface area contributed by atoms with Crippen LogP contribution < -0.4 is 0 Å². The second-order valence-electron chi connectivity index (χ2n) is 6.12. The molecular formula is C20H23NO5. The molecule has 0 fully saturated rings. The van der Waals surface area contributed by atoms with Crippen LogP contribution in [0.3, 0.4) is 0 Å². The topological polar surface area (TPSA) is 85.5 Å². The average Bonchev–Trinajstić information content (AvgIpc) is 2.89. The molecule has 0 amide bonds. The third-order valence-corrected chi connectivity index (χ3v) is 4.10. The molecule has 0 bridgehead atoms. The van der Waals surface area contributed by atoms with Crippen LogP contribution in [0, 0.1) is 20.8 Å². The number of benzene rings is 1. The number of esters is 2. The second-order valence-corrected chi connectivity index (χ2v) is 6.12. The summed E-state index contributed by atoms with van der Waals surface area (Å²) in [4.78, 5) is 39.8. The zero-order valence-corrected chi connectivity index (χ0v) is 15.6. The zero-order valence-electron chi connectivity index (χ0n) is 15.6. The van der Waals surface area contributed by atoms with Gasteiger partial charge in [0, 0.05) is 5.69 Å². The standard InChI is InChI=1S/C20H23NO5/c1-6-25-20(24)16-12(3)17(21-13(16)4)18(22)14(5)26-19(23)15-9-7-11(2)8-10-15/h7-10,14,21H,6H2,1-5H3/t14-/m1/s1. The number of H-pyrrole nitrogens is 1. The maximum atomic E-state index is 12.7. The van der Waals surface area contributed by atoms with E-state index in [1.165, 1.54) is 6.92 Å². The Kier molecular flexibility index (Phi) is 5.97. The van der Waals surface area contributed by atoms with E-state index in [4.69, 9.17) is 9.47 Å². The molecule has 0 unspecified atom stereocenters. The average molecular weight is 357 g/mol. The van der Waals surface area contributed by atoms with Crippen molar-refractivity contribution in [2.24, 2.45) is 0 Å². The first-order valence-electron chi connectivity index (χ1n) is 8.44. The maximum Gasteiger partial charge on any atom is 0.340 e. The van der Waals surface area contributed by atoms with E-state index >= 15 is 0 Å². The first kappa shape index (κ1) is 19.4. The molecule has 1 N–H and O–H groups in total. The van der Waals surface area contributed by atoms with Gasteiger partial charge in [0.1, 0.15) is 0 Å². The fraction of sp³-hybridized carbons (Fsp3) is 0.350. The fourth-order valence-electron chi connectivity index (χ4n) is 2.68. The highest BCUT2D eigenvalue weighted by Gasteiger charge is 2.27. The van der Waals surface area contributed by atoms with Crippen molar-refractivity contribution in [1.82, 2.24) is 4.98 Å². The first-order valence-corrected chi connectivity index (χ1v) is 8.44. The van der Waals surface area contributed by atoms with E-state index < -0.39 is 23.8 Å². The number of ether oxygens (including phenoxy) is 2. The second kappa shape index (κ2) is 7.99. The van der Waals surface area contributed by atoms with Crippen LogP contribution in [0.5, 0.6) is 0 Å². The predicted molar refractivity (Wildman–Crippen MR) is 96.6 cm³/mol. The smallest absolute Gasteiger partial charge is 0.340 e.